The summed E-state index contributed by atoms with van der Waals surface area (Å²) in [5.41, 5.74) is -0.220. The van der Waals surface area contributed by atoms with Gasteiger partial charge in [-0.1, -0.05) is 0 Å². The molecule has 2 rings (SSSR count). The summed E-state index contributed by atoms with van der Waals surface area (Å²) in [5, 5.41) is 11.8. The topological polar surface area (TPSA) is 43.8 Å². The fourth-order valence-electron chi connectivity index (χ4n) is 2.02. The molecule has 1 saturated heterocycles. The van der Waals surface area contributed by atoms with Gasteiger partial charge < -0.3 is 5.11 Å². The van der Waals surface area contributed by atoms with Gasteiger partial charge in [-0.2, -0.15) is 13.2 Å². The lowest BCUT2D eigenvalue weighted by molar-refractivity contribution is -0.137. The summed E-state index contributed by atoms with van der Waals surface area (Å²) in [6.07, 6.45) is -4.08. The number of amides is 1. The van der Waals surface area contributed by atoms with E-state index < -0.39 is 11.7 Å². The van der Waals surface area contributed by atoms with Gasteiger partial charge >= 0.3 is 6.18 Å². The molecule has 1 heterocycles. The van der Waals surface area contributed by atoms with Crippen molar-refractivity contribution in [1.82, 2.24) is 5.01 Å². The van der Waals surface area contributed by atoms with Crippen LogP contribution >= 0.6 is 0 Å². The molecule has 4 nitrogen and oxygen atoms in total. The van der Waals surface area contributed by atoms with E-state index in [1.165, 1.54) is 17.1 Å². The first-order valence-electron chi connectivity index (χ1n) is 5.79. The minimum Gasteiger partial charge on any atom is -0.394 e. The lowest BCUT2D eigenvalue weighted by Gasteiger charge is -2.29. The summed E-state index contributed by atoms with van der Waals surface area (Å²) < 4.78 is 37.3. The van der Waals surface area contributed by atoms with Crippen LogP contribution in [0.25, 0.3) is 0 Å². The van der Waals surface area contributed by atoms with E-state index in [9.17, 15) is 18.0 Å². The van der Waals surface area contributed by atoms with E-state index in [-0.39, 0.29) is 19.1 Å². The van der Waals surface area contributed by atoms with Crippen molar-refractivity contribution in [3.63, 3.8) is 0 Å². The highest BCUT2D eigenvalue weighted by molar-refractivity contribution is 5.81. The molecule has 0 radical (unpaired) electrons. The maximum Gasteiger partial charge on any atom is 0.416 e. The van der Waals surface area contributed by atoms with Crippen molar-refractivity contribution < 1.29 is 23.1 Å². The molecule has 1 aliphatic rings. The van der Waals surface area contributed by atoms with Gasteiger partial charge in [0.2, 0.25) is 5.91 Å². The summed E-state index contributed by atoms with van der Waals surface area (Å²) in [6, 6.07) is 4.61. The Morgan fingerprint density at radius 3 is 2.37 bits per heavy atom. The molecule has 1 aromatic carbocycles. The fraction of sp³-hybridized carbons (Fsp3) is 0.417. The van der Waals surface area contributed by atoms with Crippen molar-refractivity contribution in [2.24, 2.45) is 0 Å². The zero-order valence-electron chi connectivity index (χ0n) is 10.0. The zero-order valence-corrected chi connectivity index (χ0v) is 10.0. The summed E-state index contributed by atoms with van der Waals surface area (Å²) in [6.45, 7) is 0.354. The molecular formula is C12H13F3N2O2. The first kappa shape index (κ1) is 13.7. The van der Waals surface area contributed by atoms with Gasteiger partial charge in [0.15, 0.2) is 0 Å². The van der Waals surface area contributed by atoms with E-state index in [1.807, 2.05) is 0 Å². The average molecular weight is 274 g/mol. The molecule has 1 aliphatic heterocycles. The van der Waals surface area contributed by atoms with Gasteiger partial charge in [-0.15, -0.1) is 0 Å². The van der Waals surface area contributed by atoms with Crippen LogP contribution in [0.3, 0.4) is 0 Å². The van der Waals surface area contributed by atoms with Crippen LogP contribution in [0.15, 0.2) is 24.3 Å². The van der Waals surface area contributed by atoms with Crippen molar-refractivity contribution in [2.75, 3.05) is 24.7 Å². The van der Waals surface area contributed by atoms with Crippen LogP contribution < -0.4 is 5.01 Å². The molecule has 0 saturated carbocycles. The predicted octanol–water partition coefficient (Wildman–Crippen LogP) is 1.65. The van der Waals surface area contributed by atoms with E-state index in [1.54, 1.807) is 5.01 Å². The number of halogens is 3. The number of alkyl halides is 3. The molecule has 1 aromatic rings. The minimum atomic E-state index is -4.37. The minimum absolute atomic E-state index is 0.139. The van der Waals surface area contributed by atoms with Crippen LogP contribution in [0, 0.1) is 0 Å². The number of anilines is 1. The highest BCUT2D eigenvalue weighted by Crippen LogP contribution is 2.31. The lowest BCUT2D eigenvalue weighted by Crippen LogP contribution is -2.40. The van der Waals surface area contributed by atoms with Crippen molar-refractivity contribution in [1.29, 1.82) is 0 Å². The monoisotopic (exact) mass is 274 g/mol. The molecule has 7 heteroatoms. The Labute approximate surface area is 108 Å². The number of hydrogen-bond acceptors (Lipinski definition) is 3. The third-order valence-electron chi connectivity index (χ3n) is 2.92. The van der Waals surface area contributed by atoms with Gasteiger partial charge in [-0.25, -0.2) is 0 Å². The van der Waals surface area contributed by atoms with Crippen molar-refractivity contribution in [3.05, 3.63) is 29.8 Å². The summed E-state index contributed by atoms with van der Waals surface area (Å²) >= 11 is 0. The molecule has 1 fully saturated rings. The molecule has 0 bridgehead atoms. The maximum absolute atomic E-state index is 12.4. The van der Waals surface area contributed by atoms with Gasteiger partial charge in [-0.3, -0.25) is 14.8 Å². The van der Waals surface area contributed by atoms with E-state index in [2.05, 4.69) is 0 Å². The molecule has 0 atom stereocenters. The second-order valence-corrected chi connectivity index (χ2v) is 4.16. The molecule has 1 amide bonds. The number of carbonyl (C=O) groups excluding carboxylic acids is 1. The molecule has 0 aromatic heterocycles. The SMILES string of the molecule is O=C1CCN(c2ccc(C(F)(F)F)cc2)N1CCO. The Hall–Kier alpha value is -1.76. The molecule has 0 unspecified atom stereocenters. The Morgan fingerprint density at radius 2 is 1.84 bits per heavy atom. The van der Waals surface area contributed by atoms with Crippen LogP contribution in [0.5, 0.6) is 0 Å². The zero-order chi connectivity index (χ0) is 14.0. The Bertz CT molecular complexity index is 459. The smallest absolute Gasteiger partial charge is 0.394 e. The highest BCUT2D eigenvalue weighted by Gasteiger charge is 2.32. The van der Waals surface area contributed by atoms with E-state index in [4.69, 9.17) is 5.11 Å². The number of aliphatic hydroxyl groups is 1. The van der Waals surface area contributed by atoms with Gasteiger partial charge in [0, 0.05) is 13.0 Å². The number of hydrazine groups is 1. The third kappa shape index (κ3) is 2.81. The normalized spacial score (nSPS) is 16.3. The summed E-state index contributed by atoms with van der Waals surface area (Å²) in [5.74, 6) is -0.144. The van der Waals surface area contributed by atoms with E-state index in [0.29, 0.717) is 18.7 Å². The Morgan fingerprint density at radius 1 is 1.21 bits per heavy atom. The number of carbonyl (C=O) groups is 1. The molecular weight excluding hydrogens is 261 g/mol. The van der Waals surface area contributed by atoms with Crippen LogP contribution in [0.1, 0.15) is 12.0 Å². The van der Waals surface area contributed by atoms with E-state index >= 15 is 0 Å². The largest absolute Gasteiger partial charge is 0.416 e. The number of benzene rings is 1. The average Bonchev–Trinajstić information content (AvgIpc) is 2.71. The number of β-amino-alcohol motifs (C(OH)–C–C–N with tert-alkyl or cyclic N) is 1. The second-order valence-electron chi connectivity index (χ2n) is 4.16. The molecule has 0 spiro atoms. The number of aliphatic hydroxyl groups excluding tert-OH is 1. The van der Waals surface area contributed by atoms with Gasteiger partial charge in [-0.05, 0) is 24.3 Å². The van der Waals surface area contributed by atoms with Crippen molar-refractivity contribution in [3.8, 4) is 0 Å². The van der Waals surface area contributed by atoms with Crippen LogP contribution in [-0.2, 0) is 11.0 Å². The molecule has 1 N–H and O–H groups in total. The van der Waals surface area contributed by atoms with Crippen molar-refractivity contribution >= 4 is 11.6 Å². The van der Waals surface area contributed by atoms with Crippen LogP contribution in [0.2, 0.25) is 0 Å². The van der Waals surface area contributed by atoms with Crippen LogP contribution in [0.4, 0.5) is 18.9 Å². The molecule has 0 aliphatic carbocycles. The maximum atomic E-state index is 12.4. The van der Waals surface area contributed by atoms with Gasteiger partial charge in [0.05, 0.1) is 24.4 Å². The van der Waals surface area contributed by atoms with Crippen molar-refractivity contribution in [2.45, 2.75) is 12.6 Å². The van der Waals surface area contributed by atoms with Gasteiger partial charge in [0.25, 0.3) is 0 Å². The highest BCUT2D eigenvalue weighted by atomic mass is 19.4. The van der Waals surface area contributed by atoms with Crippen LogP contribution in [-0.4, -0.2) is 35.7 Å². The summed E-state index contributed by atoms with van der Waals surface area (Å²) in [4.78, 5) is 11.6. The number of rotatable bonds is 3. The Kier molecular flexibility index (Phi) is 3.66. The standard InChI is InChI=1S/C12H13F3N2O2/c13-12(14,15)9-1-3-10(4-2-9)16-6-5-11(19)17(16)7-8-18/h1-4,18H,5-8H2. The third-order valence-corrected chi connectivity index (χ3v) is 2.92. The first-order valence-corrected chi connectivity index (χ1v) is 5.79. The fourth-order valence-corrected chi connectivity index (χ4v) is 2.02. The predicted molar refractivity (Wildman–Crippen MR) is 62.2 cm³/mol. The quantitative estimate of drug-likeness (QED) is 0.911. The van der Waals surface area contributed by atoms with E-state index in [0.717, 1.165) is 12.1 Å². The second kappa shape index (κ2) is 5.08. The molecule has 19 heavy (non-hydrogen) atoms. The molecule has 104 valence electrons. The Balaban J connectivity index is 2.20. The van der Waals surface area contributed by atoms with Gasteiger partial charge in [0.1, 0.15) is 0 Å². The first-order chi connectivity index (χ1) is 8.93. The summed E-state index contributed by atoms with van der Waals surface area (Å²) in [7, 11) is 0. The number of hydrogen-bond donors (Lipinski definition) is 1. The number of nitrogens with zero attached hydrogens (tertiary/aromatic N) is 2. The lowest BCUT2D eigenvalue weighted by atomic mass is 10.2.